The molecule has 3 rings (SSSR count). The molecule has 2 atom stereocenters. The molecule has 0 saturated heterocycles. The van der Waals surface area contributed by atoms with Crippen LogP contribution in [0.4, 0.5) is 14.6 Å². The van der Waals surface area contributed by atoms with Gasteiger partial charge in [-0.25, -0.2) is 13.5 Å². The Labute approximate surface area is 198 Å². The largest absolute Gasteiger partial charge is 0.363 e. The van der Waals surface area contributed by atoms with Gasteiger partial charge in [-0.15, -0.1) is 0 Å². The van der Waals surface area contributed by atoms with E-state index in [1.165, 1.54) is 10.9 Å². The normalized spacial score (nSPS) is 17.4. The summed E-state index contributed by atoms with van der Waals surface area (Å²) < 4.78 is 28.7. The molecule has 2 aromatic rings. The third-order valence-electron chi connectivity index (χ3n) is 5.76. The zero-order valence-electron chi connectivity index (χ0n) is 18.9. The lowest BCUT2D eigenvalue weighted by Gasteiger charge is -2.32. The number of carbonyl (C=O) groups is 1. The second-order valence-electron chi connectivity index (χ2n) is 7.81. The van der Waals surface area contributed by atoms with Crippen molar-refractivity contribution in [2.75, 3.05) is 31.5 Å². The molecule has 0 aliphatic carbocycles. The van der Waals surface area contributed by atoms with Crippen molar-refractivity contribution in [2.45, 2.75) is 45.2 Å². The summed E-state index contributed by atoms with van der Waals surface area (Å²) in [6.07, 6.45) is -0.243. The zero-order chi connectivity index (χ0) is 23.8. The molecule has 1 aliphatic heterocycles. The molecule has 1 aliphatic rings. The number of aromatic nitrogens is 2. The first-order valence-corrected chi connectivity index (χ1v) is 11.6. The minimum atomic E-state index is -2.61. The van der Waals surface area contributed by atoms with Crippen LogP contribution >= 0.6 is 12.2 Å². The lowest BCUT2D eigenvalue weighted by molar-refractivity contribution is 0.0656. The maximum atomic E-state index is 13.8. The molecular weight excluding hydrogens is 448 g/mol. The Morgan fingerprint density at radius 3 is 2.67 bits per heavy atom. The van der Waals surface area contributed by atoms with Crippen molar-refractivity contribution in [3.05, 3.63) is 47.7 Å². The molecule has 0 radical (unpaired) electrons. The van der Waals surface area contributed by atoms with Gasteiger partial charge in [-0.3, -0.25) is 15.6 Å². The first kappa shape index (κ1) is 24.8. The maximum absolute atomic E-state index is 13.8. The summed E-state index contributed by atoms with van der Waals surface area (Å²) in [5, 5.41) is 10.6. The van der Waals surface area contributed by atoms with Gasteiger partial charge in [0.15, 0.2) is 5.11 Å². The van der Waals surface area contributed by atoms with Crippen molar-refractivity contribution in [3.8, 4) is 0 Å². The Bertz CT molecular complexity index is 921. The van der Waals surface area contributed by atoms with Crippen LogP contribution in [0.2, 0.25) is 0 Å². The number of anilines is 1. The van der Waals surface area contributed by atoms with Crippen LogP contribution in [0.25, 0.3) is 0 Å². The summed E-state index contributed by atoms with van der Waals surface area (Å²) in [4.78, 5) is 15.1. The van der Waals surface area contributed by atoms with E-state index in [4.69, 9.17) is 12.2 Å². The third-order valence-corrected chi connectivity index (χ3v) is 6.00. The Hall–Kier alpha value is -2.79. The van der Waals surface area contributed by atoms with E-state index < -0.39 is 18.4 Å². The van der Waals surface area contributed by atoms with E-state index >= 15 is 0 Å². The molecule has 0 unspecified atom stereocenters. The number of rotatable bonds is 9. The molecule has 0 bridgehead atoms. The van der Waals surface area contributed by atoms with Crippen LogP contribution in [0.3, 0.4) is 0 Å². The van der Waals surface area contributed by atoms with Crippen molar-refractivity contribution in [2.24, 2.45) is 0 Å². The van der Waals surface area contributed by atoms with Gasteiger partial charge in [0.2, 0.25) is 0 Å². The number of carbonyl (C=O) groups excluding carboxylic acids is 1. The fourth-order valence-electron chi connectivity index (χ4n) is 3.87. The number of nitrogens with one attached hydrogen (secondary N) is 4. The number of fused-ring (bicyclic) bond motifs is 1. The zero-order valence-corrected chi connectivity index (χ0v) is 19.7. The van der Waals surface area contributed by atoms with Gasteiger partial charge in [-0.2, -0.15) is 5.10 Å². The first-order chi connectivity index (χ1) is 15.9. The molecule has 180 valence electrons. The van der Waals surface area contributed by atoms with Crippen molar-refractivity contribution in [1.29, 1.82) is 0 Å². The molecule has 11 heteroatoms. The number of hydrogen-bond donors (Lipinski definition) is 4. The SMILES string of the molecule is CCN(CC)CCCNC(=S)NNC(=O)c1cnn2c1N[C@H](c1ccccc1)C[C@@H]2C(F)F. The van der Waals surface area contributed by atoms with Crippen LogP contribution in [-0.4, -0.2) is 58.3 Å². The van der Waals surface area contributed by atoms with E-state index in [1.54, 1.807) is 0 Å². The number of hydrogen-bond acceptors (Lipinski definition) is 5. The lowest BCUT2D eigenvalue weighted by atomic mass is 9.97. The van der Waals surface area contributed by atoms with Crippen molar-refractivity contribution < 1.29 is 13.6 Å². The summed E-state index contributed by atoms with van der Waals surface area (Å²) in [6.45, 7) is 7.85. The second kappa shape index (κ2) is 11.9. The predicted molar refractivity (Wildman–Crippen MR) is 128 cm³/mol. The fourth-order valence-corrected chi connectivity index (χ4v) is 4.03. The maximum Gasteiger partial charge on any atom is 0.275 e. The summed E-state index contributed by atoms with van der Waals surface area (Å²) >= 11 is 5.21. The van der Waals surface area contributed by atoms with Crippen LogP contribution < -0.4 is 21.5 Å². The molecule has 0 fully saturated rings. The van der Waals surface area contributed by atoms with Crippen LogP contribution in [0.5, 0.6) is 0 Å². The van der Waals surface area contributed by atoms with Gasteiger partial charge in [-0.05, 0) is 50.3 Å². The monoisotopic (exact) mass is 479 g/mol. The summed E-state index contributed by atoms with van der Waals surface area (Å²) in [7, 11) is 0. The second-order valence-corrected chi connectivity index (χ2v) is 8.22. The Morgan fingerprint density at radius 1 is 1.27 bits per heavy atom. The van der Waals surface area contributed by atoms with Gasteiger partial charge in [-0.1, -0.05) is 44.2 Å². The van der Waals surface area contributed by atoms with E-state index in [0.717, 1.165) is 31.6 Å². The van der Waals surface area contributed by atoms with Gasteiger partial charge in [0.1, 0.15) is 17.4 Å². The lowest BCUT2D eigenvalue weighted by Crippen LogP contribution is -2.47. The Kier molecular flexibility index (Phi) is 8.95. The van der Waals surface area contributed by atoms with E-state index in [9.17, 15) is 13.6 Å². The van der Waals surface area contributed by atoms with Crippen LogP contribution in [0.1, 0.15) is 54.7 Å². The molecule has 33 heavy (non-hydrogen) atoms. The highest BCUT2D eigenvalue weighted by Crippen LogP contribution is 2.39. The molecular formula is C22H31F2N7OS. The number of thiocarbonyl (C=S) groups is 1. The van der Waals surface area contributed by atoms with Gasteiger partial charge < -0.3 is 15.5 Å². The number of amides is 1. The number of benzene rings is 1. The van der Waals surface area contributed by atoms with Crippen molar-refractivity contribution in [1.82, 2.24) is 30.8 Å². The Balaban J connectivity index is 1.59. The quantitative estimate of drug-likeness (QED) is 0.250. The minimum Gasteiger partial charge on any atom is -0.363 e. The highest BCUT2D eigenvalue weighted by atomic mass is 32.1. The average Bonchev–Trinajstić information content (AvgIpc) is 3.26. The van der Waals surface area contributed by atoms with Gasteiger partial charge in [0, 0.05) is 6.54 Å². The Morgan fingerprint density at radius 2 is 2.00 bits per heavy atom. The number of hydrazine groups is 1. The minimum absolute atomic E-state index is 0.164. The molecule has 2 heterocycles. The van der Waals surface area contributed by atoms with Crippen LogP contribution in [-0.2, 0) is 0 Å². The number of halogens is 2. The molecule has 8 nitrogen and oxygen atoms in total. The average molecular weight is 480 g/mol. The van der Waals surface area contributed by atoms with Crippen molar-refractivity contribution in [3.63, 3.8) is 0 Å². The smallest absolute Gasteiger partial charge is 0.275 e. The molecule has 1 amide bonds. The topological polar surface area (TPSA) is 86.2 Å². The highest BCUT2D eigenvalue weighted by Gasteiger charge is 2.36. The van der Waals surface area contributed by atoms with E-state index in [0.29, 0.717) is 6.54 Å². The van der Waals surface area contributed by atoms with E-state index in [-0.39, 0.29) is 29.0 Å². The van der Waals surface area contributed by atoms with E-state index in [1.807, 2.05) is 30.3 Å². The number of nitrogens with zero attached hydrogens (tertiary/aromatic N) is 3. The summed E-state index contributed by atoms with van der Waals surface area (Å²) in [5.41, 5.74) is 6.22. The van der Waals surface area contributed by atoms with Gasteiger partial charge >= 0.3 is 0 Å². The third kappa shape index (κ3) is 6.38. The van der Waals surface area contributed by atoms with Crippen LogP contribution in [0, 0.1) is 0 Å². The van der Waals surface area contributed by atoms with Crippen molar-refractivity contribution >= 4 is 29.1 Å². The summed E-state index contributed by atoms with van der Waals surface area (Å²) in [5.74, 6) is -0.254. The molecule has 1 aromatic carbocycles. The van der Waals surface area contributed by atoms with Gasteiger partial charge in [0.05, 0.1) is 12.2 Å². The predicted octanol–water partition coefficient (Wildman–Crippen LogP) is 3.09. The van der Waals surface area contributed by atoms with Crippen LogP contribution in [0.15, 0.2) is 36.5 Å². The molecule has 0 saturated carbocycles. The first-order valence-electron chi connectivity index (χ1n) is 11.2. The highest BCUT2D eigenvalue weighted by molar-refractivity contribution is 7.80. The van der Waals surface area contributed by atoms with E-state index in [2.05, 4.69) is 45.3 Å². The standard InChI is InChI=1S/C22H31F2N7OS/c1-3-30(4-2)12-8-11-25-22(33)29-28-21(32)16-14-26-31-18(19(23)24)13-17(27-20(16)31)15-9-6-5-7-10-15/h5-7,9-10,14,17-19,27H,3-4,8,11-13H2,1-2H3,(H,28,32)(H2,25,29,33)/t17-,18+/m0/s1. The van der Waals surface area contributed by atoms with Gasteiger partial charge in [0.25, 0.3) is 12.3 Å². The fraction of sp³-hybridized carbons (Fsp3) is 0.500. The molecule has 1 aromatic heterocycles. The number of alkyl halides is 2. The molecule has 0 spiro atoms. The molecule has 4 N–H and O–H groups in total. The summed E-state index contributed by atoms with van der Waals surface area (Å²) in [6, 6.07) is 7.83.